The first kappa shape index (κ1) is 13.1. The highest BCUT2D eigenvalue weighted by atomic mass is 16.1. The molecular weight excluding hydrogens is 216 g/mol. The Labute approximate surface area is 101 Å². The highest BCUT2D eigenvalue weighted by Crippen LogP contribution is 2.08. The maximum Gasteiger partial charge on any atom is 0.273 e. The number of nitrogen functional groups attached to an aromatic ring is 1. The average molecular weight is 234 g/mol. The maximum atomic E-state index is 11.7. The van der Waals surface area contributed by atoms with E-state index in [1.54, 1.807) is 10.9 Å². The second-order valence-corrected chi connectivity index (χ2v) is 3.71. The van der Waals surface area contributed by atoms with Crippen LogP contribution in [0.1, 0.15) is 36.7 Å². The number of nitrogens with two attached hydrogens (primary N) is 1. The van der Waals surface area contributed by atoms with E-state index < -0.39 is 0 Å². The smallest absolute Gasteiger partial charge is 0.273 e. The Morgan fingerprint density at radius 1 is 1.65 bits per heavy atom. The number of nitrogens with one attached hydrogen (secondary N) is 1. The van der Waals surface area contributed by atoms with Crippen molar-refractivity contribution in [3.63, 3.8) is 0 Å². The van der Waals surface area contributed by atoms with Gasteiger partial charge in [0.1, 0.15) is 0 Å². The van der Waals surface area contributed by atoms with Gasteiger partial charge in [-0.3, -0.25) is 9.48 Å². The van der Waals surface area contributed by atoms with Crippen LogP contribution in [0, 0.1) is 12.3 Å². The van der Waals surface area contributed by atoms with E-state index in [4.69, 9.17) is 12.2 Å². The lowest BCUT2D eigenvalue weighted by molar-refractivity contribution is 0.0948. The van der Waals surface area contributed by atoms with Crippen LogP contribution in [0.25, 0.3) is 0 Å². The molecule has 5 heteroatoms. The molecule has 0 saturated carbocycles. The van der Waals surface area contributed by atoms with E-state index in [9.17, 15) is 4.79 Å². The number of amides is 1. The Morgan fingerprint density at radius 3 is 3.00 bits per heavy atom. The molecule has 1 rings (SSSR count). The number of carbonyl (C=O) groups excluding carboxylic acids is 1. The van der Waals surface area contributed by atoms with Gasteiger partial charge >= 0.3 is 0 Å². The molecule has 0 spiro atoms. The Bertz CT molecular complexity index is 417. The first-order valence-electron chi connectivity index (χ1n) is 5.73. The van der Waals surface area contributed by atoms with Crippen molar-refractivity contribution in [2.75, 3.05) is 12.3 Å². The lowest BCUT2D eigenvalue weighted by atomic mass is 10.2. The van der Waals surface area contributed by atoms with Gasteiger partial charge in [-0.2, -0.15) is 5.10 Å². The number of unbranched alkanes of at least 4 members (excludes halogenated alkanes) is 2. The summed E-state index contributed by atoms with van der Waals surface area (Å²) in [7, 11) is 0. The van der Waals surface area contributed by atoms with Gasteiger partial charge in [0.15, 0.2) is 5.69 Å². The SMILES string of the molecule is C#CCCCCNC(=O)c1nn(CC)cc1N. The number of terminal acetylenes is 1. The number of aromatic nitrogens is 2. The second-order valence-electron chi connectivity index (χ2n) is 3.71. The summed E-state index contributed by atoms with van der Waals surface area (Å²) >= 11 is 0. The van der Waals surface area contributed by atoms with Gasteiger partial charge < -0.3 is 11.1 Å². The van der Waals surface area contributed by atoms with Crippen LogP contribution in [-0.4, -0.2) is 22.2 Å². The normalized spacial score (nSPS) is 9.88. The maximum absolute atomic E-state index is 11.7. The van der Waals surface area contributed by atoms with Crippen molar-refractivity contribution in [1.29, 1.82) is 0 Å². The average Bonchev–Trinajstić information content (AvgIpc) is 2.70. The number of hydrogen-bond acceptors (Lipinski definition) is 3. The third-order valence-corrected chi connectivity index (χ3v) is 2.36. The van der Waals surface area contributed by atoms with E-state index in [2.05, 4.69) is 16.3 Å². The fraction of sp³-hybridized carbons (Fsp3) is 0.500. The molecule has 1 aromatic heterocycles. The van der Waals surface area contributed by atoms with Crippen molar-refractivity contribution in [1.82, 2.24) is 15.1 Å². The van der Waals surface area contributed by atoms with Crippen molar-refractivity contribution in [2.45, 2.75) is 32.7 Å². The molecule has 0 radical (unpaired) electrons. The summed E-state index contributed by atoms with van der Waals surface area (Å²) in [6.07, 6.45) is 9.31. The zero-order chi connectivity index (χ0) is 12.7. The topological polar surface area (TPSA) is 72.9 Å². The number of rotatable bonds is 6. The largest absolute Gasteiger partial charge is 0.396 e. The van der Waals surface area contributed by atoms with Crippen LogP contribution in [-0.2, 0) is 6.54 Å². The van der Waals surface area contributed by atoms with E-state index in [1.165, 1.54) is 0 Å². The summed E-state index contributed by atoms with van der Waals surface area (Å²) in [6, 6.07) is 0. The lowest BCUT2D eigenvalue weighted by Crippen LogP contribution is -2.25. The molecule has 0 aliphatic heterocycles. The number of nitrogens with zero attached hydrogens (tertiary/aromatic N) is 2. The monoisotopic (exact) mass is 234 g/mol. The van der Waals surface area contributed by atoms with Crippen LogP contribution in [0.2, 0.25) is 0 Å². The van der Waals surface area contributed by atoms with E-state index >= 15 is 0 Å². The number of hydrogen-bond donors (Lipinski definition) is 2. The summed E-state index contributed by atoms with van der Waals surface area (Å²) < 4.78 is 1.64. The van der Waals surface area contributed by atoms with Crippen LogP contribution in [0.3, 0.4) is 0 Å². The molecule has 3 N–H and O–H groups in total. The fourth-order valence-corrected chi connectivity index (χ4v) is 1.41. The standard InChI is InChI=1S/C12H18N4O/c1-3-5-6-7-8-14-12(17)11-10(13)9-16(4-2)15-11/h1,9H,4-8,13H2,2H3,(H,14,17). The van der Waals surface area contributed by atoms with Crippen LogP contribution < -0.4 is 11.1 Å². The van der Waals surface area contributed by atoms with Crippen molar-refractivity contribution in [3.8, 4) is 12.3 Å². The summed E-state index contributed by atoms with van der Waals surface area (Å²) in [5.74, 6) is 2.33. The molecular formula is C12H18N4O. The third kappa shape index (κ3) is 3.83. The third-order valence-electron chi connectivity index (χ3n) is 2.36. The lowest BCUT2D eigenvalue weighted by Gasteiger charge is -2.02. The predicted octanol–water partition coefficient (Wildman–Crippen LogP) is 1.02. The van der Waals surface area contributed by atoms with Crippen LogP contribution in [0.15, 0.2) is 6.20 Å². The van der Waals surface area contributed by atoms with E-state index in [0.717, 1.165) is 19.3 Å². The van der Waals surface area contributed by atoms with E-state index in [0.29, 0.717) is 24.5 Å². The summed E-state index contributed by atoms with van der Waals surface area (Å²) in [4.78, 5) is 11.7. The van der Waals surface area contributed by atoms with Gasteiger partial charge in [0.05, 0.1) is 5.69 Å². The fourth-order valence-electron chi connectivity index (χ4n) is 1.41. The van der Waals surface area contributed by atoms with E-state index in [1.807, 2.05) is 6.92 Å². The first-order valence-corrected chi connectivity index (χ1v) is 5.73. The van der Waals surface area contributed by atoms with Crippen molar-refractivity contribution >= 4 is 11.6 Å². The Kier molecular flexibility index (Phi) is 5.08. The Balaban J connectivity index is 2.41. The van der Waals surface area contributed by atoms with Gasteiger partial charge in [0, 0.05) is 25.7 Å². The molecule has 17 heavy (non-hydrogen) atoms. The van der Waals surface area contributed by atoms with Gasteiger partial charge in [-0.25, -0.2) is 0 Å². The van der Waals surface area contributed by atoms with E-state index in [-0.39, 0.29) is 5.91 Å². The van der Waals surface area contributed by atoms with Gasteiger partial charge in [0.2, 0.25) is 0 Å². The van der Waals surface area contributed by atoms with Crippen LogP contribution in [0.5, 0.6) is 0 Å². The van der Waals surface area contributed by atoms with Gasteiger partial charge in [-0.05, 0) is 19.8 Å². The molecule has 1 amide bonds. The summed E-state index contributed by atoms with van der Waals surface area (Å²) in [5.41, 5.74) is 6.40. The highest BCUT2D eigenvalue weighted by Gasteiger charge is 2.13. The molecule has 0 bridgehead atoms. The second kappa shape index (κ2) is 6.59. The van der Waals surface area contributed by atoms with Crippen LogP contribution >= 0.6 is 0 Å². The molecule has 0 fully saturated rings. The molecule has 1 heterocycles. The number of aryl methyl sites for hydroxylation is 1. The molecule has 0 atom stereocenters. The predicted molar refractivity (Wildman–Crippen MR) is 67.3 cm³/mol. The molecule has 1 aromatic rings. The molecule has 0 saturated heterocycles. The molecule has 0 aromatic carbocycles. The molecule has 0 unspecified atom stereocenters. The van der Waals surface area contributed by atoms with Crippen molar-refractivity contribution < 1.29 is 4.79 Å². The van der Waals surface area contributed by atoms with Gasteiger partial charge in [-0.15, -0.1) is 12.3 Å². The minimum Gasteiger partial charge on any atom is -0.396 e. The molecule has 5 nitrogen and oxygen atoms in total. The molecule has 0 aliphatic rings. The zero-order valence-corrected chi connectivity index (χ0v) is 10.1. The Hall–Kier alpha value is -1.96. The van der Waals surface area contributed by atoms with Crippen molar-refractivity contribution in [2.24, 2.45) is 0 Å². The number of carbonyl (C=O) groups is 1. The van der Waals surface area contributed by atoms with Gasteiger partial charge in [0.25, 0.3) is 5.91 Å². The number of anilines is 1. The summed E-state index contributed by atoms with van der Waals surface area (Å²) in [6.45, 7) is 3.23. The van der Waals surface area contributed by atoms with Gasteiger partial charge in [-0.1, -0.05) is 0 Å². The first-order chi connectivity index (χ1) is 8.19. The minimum absolute atomic E-state index is 0.226. The van der Waals surface area contributed by atoms with Crippen LogP contribution in [0.4, 0.5) is 5.69 Å². The summed E-state index contributed by atoms with van der Waals surface area (Å²) in [5, 5.41) is 6.86. The Morgan fingerprint density at radius 2 is 2.41 bits per heavy atom. The van der Waals surface area contributed by atoms with Crippen molar-refractivity contribution in [3.05, 3.63) is 11.9 Å². The highest BCUT2D eigenvalue weighted by molar-refractivity contribution is 5.96. The molecule has 92 valence electrons. The molecule has 0 aliphatic carbocycles. The quantitative estimate of drug-likeness (QED) is 0.570. The zero-order valence-electron chi connectivity index (χ0n) is 10.1. The minimum atomic E-state index is -0.226.